The molecule has 4 heteroatoms. The van der Waals surface area contributed by atoms with Crippen molar-refractivity contribution in [1.82, 2.24) is 0 Å². The van der Waals surface area contributed by atoms with E-state index in [4.69, 9.17) is 8.85 Å². The van der Waals surface area contributed by atoms with Crippen molar-refractivity contribution in [1.29, 1.82) is 0 Å². The van der Waals surface area contributed by atoms with E-state index in [2.05, 4.69) is 18.8 Å². The van der Waals surface area contributed by atoms with Crippen LogP contribution in [-0.4, -0.2) is 34.9 Å². The highest BCUT2D eigenvalue weighted by Gasteiger charge is 2.35. The minimum Gasteiger partial charge on any atom is -0.399 e. The predicted octanol–water partition coefficient (Wildman–Crippen LogP) is 2.33. The monoisotopic (exact) mass is 251 g/mol. The van der Waals surface area contributed by atoms with Gasteiger partial charge in [0.1, 0.15) is 0 Å². The second-order valence-corrected chi connectivity index (χ2v) is 7.03. The summed E-state index contributed by atoms with van der Waals surface area (Å²) in [4.78, 5) is 4.67. The van der Waals surface area contributed by atoms with Crippen LogP contribution in [0.5, 0.6) is 0 Å². The first kappa shape index (κ1) is 14.1. The molecule has 0 heterocycles. The molecule has 0 bridgehead atoms. The maximum atomic E-state index is 5.45. The predicted molar refractivity (Wildman–Crippen MR) is 73.9 cm³/mol. The second kappa shape index (κ2) is 6.69. The Morgan fingerprint density at radius 3 is 2.29 bits per heavy atom. The summed E-state index contributed by atoms with van der Waals surface area (Å²) in [5.41, 5.74) is 1.10. The summed E-state index contributed by atoms with van der Waals surface area (Å²) in [6.45, 7) is 4.21. The summed E-state index contributed by atoms with van der Waals surface area (Å²) in [6.07, 6.45) is 2.82. The molecule has 0 saturated carbocycles. The minimum absolute atomic E-state index is 0.223. The molecule has 0 amide bonds. The summed E-state index contributed by atoms with van der Waals surface area (Å²) < 4.78 is 10.9. The normalized spacial score (nSPS) is 15.4. The van der Waals surface area contributed by atoms with Crippen molar-refractivity contribution < 1.29 is 8.85 Å². The number of rotatable bonds is 6. The molecule has 1 unspecified atom stereocenters. The van der Waals surface area contributed by atoms with Gasteiger partial charge in [0.25, 0.3) is 0 Å². The molecule has 1 atom stereocenters. The van der Waals surface area contributed by atoms with Crippen LogP contribution in [0.3, 0.4) is 0 Å². The SMILES string of the molecule is CCC(C)(N=Cc1ccccc1)[SiH](OC)OC. The quantitative estimate of drug-likeness (QED) is 0.574. The Hall–Kier alpha value is -0.973. The van der Waals surface area contributed by atoms with Crippen LogP contribution < -0.4 is 0 Å². The zero-order chi connectivity index (χ0) is 12.7. The van der Waals surface area contributed by atoms with Gasteiger partial charge in [0.2, 0.25) is 0 Å². The van der Waals surface area contributed by atoms with Gasteiger partial charge in [0.15, 0.2) is 0 Å². The molecular weight excluding hydrogens is 230 g/mol. The van der Waals surface area contributed by atoms with Gasteiger partial charge in [0, 0.05) is 20.4 Å². The zero-order valence-corrected chi connectivity index (χ0v) is 12.2. The van der Waals surface area contributed by atoms with Gasteiger partial charge >= 0.3 is 9.28 Å². The Bertz CT molecular complexity index is 352. The van der Waals surface area contributed by atoms with Crippen LogP contribution in [0.1, 0.15) is 25.8 Å². The van der Waals surface area contributed by atoms with Crippen molar-refractivity contribution in [3.63, 3.8) is 0 Å². The van der Waals surface area contributed by atoms with Crippen LogP contribution in [-0.2, 0) is 8.85 Å². The van der Waals surface area contributed by atoms with E-state index in [9.17, 15) is 0 Å². The third-order valence-electron chi connectivity index (χ3n) is 2.96. The first-order chi connectivity index (χ1) is 8.16. The Balaban J connectivity index is 2.85. The molecular formula is C13H21NO2Si. The molecule has 0 fully saturated rings. The molecule has 3 nitrogen and oxygen atoms in total. The van der Waals surface area contributed by atoms with E-state index in [1.165, 1.54) is 0 Å². The van der Waals surface area contributed by atoms with Crippen molar-refractivity contribution in [3.05, 3.63) is 35.9 Å². The van der Waals surface area contributed by atoms with E-state index < -0.39 is 9.28 Å². The smallest absolute Gasteiger partial charge is 0.349 e. The lowest BCUT2D eigenvalue weighted by Gasteiger charge is -2.28. The molecule has 0 radical (unpaired) electrons. The fraction of sp³-hybridized carbons (Fsp3) is 0.462. The lowest BCUT2D eigenvalue weighted by Crippen LogP contribution is -2.44. The van der Waals surface area contributed by atoms with E-state index >= 15 is 0 Å². The van der Waals surface area contributed by atoms with Gasteiger partial charge in [0.05, 0.1) is 5.16 Å². The molecule has 0 saturated heterocycles. The fourth-order valence-corrected chi connectivity index (χ4v) is 3.42. The number of hydrogen-bond acceptors (Lipinski definition) is 3. The van der Waals surface area contributed by atoms with Crippen LogP contribution in [0.25, 0.3) is 0 Å². The van der Waals surface area contributed by atoms with Crippen molar-refractivity contribution in [2.45, 2.75) is 25.4 Å². The topological polar surface area (TPSA) is 30.8 Å². The molecule has 0 aromatic heterocycles. The van der Waals surface area contributed by atoms with E-state index in [1.807, 2.05) is 36.5 Å². The van der Waals surface area contributed by atoms with Crippen LogP contribution in [0.4, 0.5) is 0 Å². The Kier molecular flexibility index (Phi) is 5.54. The number of nitrogens with zero attached hydrogens (tertiary/aromatic N) is 1. The Labute approximate surface area is 105 Å². The minimum atomic E-state index is -1.76. The zero-order valence-electron chi connectivity index (χ0n) is 11.0. The van der Waals surface area contributed by atoms with Gasteiger partial charge in [-0.2, -0.15) is 0 Å². The Morgan fingerprint density at radius 1 is 1.24 bits per heavy atom. The van der Waals surface area contributed by atoms with Crippen molar-refractivity contribution in [2.75, 3.05) is 14.2 Å². The van der Waals surface area contributed by atoms with E-state index in [-0.39, 0.29) is 5.16 Å². The molecule has 0 aliphatic heterocycles. The Morgan fingerprint density at radius 2 is 1.82 bits per heavy atom. The number of hydrogen-bond donors (Lipinski definition) is 0. The highest BCUT2D eigenvalue weighted by molar-refractivity contribution is 6.48. The molecule has 1 aromatic rings. The van der Waals surface area contributed by atoms with Crippen LogP contribution in [0, 0.1) is 0 Å². The van der Waals surface area contributed by atoms with Crippen molar-refractivity contribution in [2.24, 2.45) is 4.99 Å². The summed E-state index contributed by atoms with van der Waals surface area (Å²) in [6, 6.07) is 10.1. The van der Waals surface area contributed by atoms with Crippen LogP contribution in [0.15, 0.2) is 35.3 Å². The summed E-state index contributed by atoms with van der Waals surface area (Å²) in [7, 11) is 1.64. The molecule has 17 heavy (non-hydrogen) atoms. The van der Waals surface area contributed by atoms with Gasteiger partial charge in [-0.15, -0.1) is 0 Å². The summed E-state index contributed by atoms with van der Waals surface area (Å²) >= 11 is 0. The van der Waals surface area contributed by atoms with E-state index in [0.717, 1.165) is 12.0 Å². The van der Waals surface area contributed by atoms with Gasteiger partial charge in [-0.1, -0.05) is 37.3 Å². The molecule has 1 rings (SSSR count). The average Bonchev–Trinajstić information content (AvgIpc) is 2.39. The van der Waals surface area contributed by atoms with Crippen LogP contribution in [0.2, 0.25) is 0 Å². The first-order valence-corrected chi connectivity index (χ1v) is 7.34. The largest absolute Gasteiger partial charge is 0.399 e. The lowest BCUT2D eigenvalue weighted by molar-refractivity contribution is 0.245. The standard InChI is InChI=1S/C13H21NO2Si/c1-5-13(2,17(15-3)16-4)14-11-12-9-7-6-8-10-12/h6-11,17H,5H2,1-4H3. The highest BCUT2D eigenvalue weighted by Crippen LogP contribution is 2.20. The second-order valence-electron chi connectivity index (χ2n) is 4.18. The molecule has 0 aliphatic rings. The van der Waals surface area contributed by atoms with E-state index in [0.29, 0.717) is 0 Å². The maximum Gasteiger partial charge on any atom is 0.349 e. The van der Waals surface area contributed by atoms with Crippen LogP contribution >= 0.6 is 0 Å². The average molecular weight is 251 g/mol. The molecule has 0 aliphatic carbocycles. The maximum absolute atomic E-state index is 5.45. The number of aliphatic imine (C=N–C) groups is 1. The van der Waals surface area contributed by atoms with Crippen molar-refractivity contribution >= 4 is 15.5 Å². The van der Waals surface area contributed by atoms with Crippen molar-refractivity contribution in [3.8, 4) is 0 Å². The third-order valence-corrected chi connectivity index (χ3v) is 5.39. The number of benzene rings is 1. The van der Waals surface area contributed by atoms with E-state index in [1.54, 1.807) is 14.2 Å². The fourth-order valence-electron chi connectivity index (χ4n) is 1.68. The van der Waals surface area contributed by atoms with Gasteiger partial charge in [-0.25, -0.2) is 0 Å². The van der Waals surface area contributed by atoms with Gasteiger partial charge in [-0.3, -0.25) is 4.99 Å². The molecule has 94 valence electrons. The third kappa shape index (κ3) is 3.76. The molecule has 1 aromatic carbocycles. The summed E-state index contributed by atoms with van der Waals surface area (Å²) in [5.74, 6) is 0. The lowest BCUT2D eigenvalue weighted by atomic mass is 10.2. The first-order valence-electron chi connectivity index (χ1n) is 5.82. The van der Waals surface area contributed by atoms with Gasteiger partial charge in [-0.05, 0) is 18.9 Å². The highest BCUT2D eigenvalue weighted by atomic mass is 28.3. The van der Waals surface area contributed by atoms with Gasteiger partial charge < -0.3 is 8.85 Å². The summed E-state index contributed by atoms with van der Waals surface area (Å²) in [5, 5.41) is -0.223. The molecule has 0 N–H and O–H groups in total. The molecule has 0 spiro atoms.